The average Bonchev–Trinajstić information content (AvgIpc) is 2.79. The fourth-order valence-corrected chi connectivity index (χ4v) is 2.69. The molecule has 1 heterocycles. The molecule has 7 nitrogen and oxygen atoms in total. The molecule has 0 spiro atoms. The van der Waals surface area contributed by atoms with E-state index in [-0.39, 0.29) is 17.2 Å². The second kappa shape index (κ2) is 5.51. The number of hydrogen-bond donors (Lipinski definition) is 1. The molecule has 2 rings (SSSR count). The lowest BCUT2D eigenvalue weighted by Crippen LogP contribution is -2.43. The van der Waals surface area contributed by atoms with E-state index in [2.05, 4.69) is 0 Å². The highest BCUT2D eigenvalue weighted by atomic mass is 16.6. The molecule has 1 amide bonds. The minimum atomic E-state index is -1.08. The van der Waals surface area contributed by atoms with Gasteiger partial charge in [-0.2, -0.15) is 0 Å². The normalized spacial score (nSPS) is 21.3. The molecule has 0 bridgehead atoms. The summed E-state index contributed by atoms with van der Waals surface area (Å²) in [5.74, 6) is -1.85. The number of carbonyl (C=O) groups is 2. The molecule has 1 aliphatic rings. The first-order valence-electron chi connectivity index (χ1n) is 6.61. The number of amides is 1. The van der Waals surface area contributed by atoms with Crippen LogP contribution in [0.1, 0.15) is 29.3 Å². The van der Waals surface area contributed by atoms with Gasteiger partial charge in [-0.15, -0.1) is 0 Å². The number of aryl methyl sites for hydroxylation is 1. The predicted octanol–water partition coefficient (Wildman–Crippen LogP) is 1.84. The zero-order valence-corrected chi connectivity index (χ0v) is 11.8. The Bertz CT molecular complexity index is 613. The Balaban J connectivity index is 2.42. The fraction of sp³-hybridized carbons (Fsp3) is 0.429. The minimum absolute atomic E-state index is 0.0552. The Kier molecular flexibility index (Phi) is 3.93. The summed E-state index contributed by atoms with van der Waals surface area (Å²) in [5.41, 5.74) is 0.359. The number of carbonyl (C=O) groups excluding carboxylic acids is 1. The smallest absolute Gasteiger partial charge is 0.326 e. The molecule has 0 saturated carbocycles. The average molecular weight is 292 g/mol. The molecular weight excluding hydrogens is 276 g/mol. The molecule has 0 aliphatic carbocycles. The summed E-state index contributed by atoms with van der Waals surface area (Å²) < 4.78 is 0. The fourth-order valence-electron chi connectivity index (χ4n) is 2.69. The van der Waals surface area contributed by atoms with Crippen LogP contribution in [0.4, 0.5) is 5.69 Å². The van der Waals surface area contributed by atoms with Crippen LogP contribution in [0, 0.1) is 23.0 Å². The molecule has 7 heteroatoms. The number of hydrogen-bond acceptors (Lipinski definition) is 4. The van der Waals surface area contributed by atoms with Gasteiger partial charge in [0.2, 0.25) is 0 Å². The van der Waals surface area contributed by atoms with Crippen LogP contribution < -0.4 is 0 Å². The molecule has 2 unspecified atom stereocenters. The molecule has 1 fully saturated rings. The van der Waals surface area contributed by atoms with Crippen LogP contribution in [0.3, 0.4) is 0 Å². The van der Waals surface area contributed by atoms with E-state index >= 15 is 0 Å². The maximum atomic E-state index is 12.5. The summed E-state index contributed by atoms with van der Waals surface area (Å²) in [4.78, 5) is 35.5. The first-order chi connectivity index (χ1) is 9.82. The molecule has 1 aromatic rings. The summed E-state index contributed by atoms with van der Waals surface area (Å²) in [5, 5.41) is 20.3. The highest BCUT2D eigenvalue weighted by Crippen LogP contribution is 2.29. The number of nitro groups is 1. The van der Waals surface area contributed by atoms with Gasteiger partial charge in [-0.3, -0.25) is 14.9 Å². The van der Waals surface area contributed by atoms with Crippen molar-refractivity contribution in [3.63, 3.8) is 0 Å². The van der Waals surface area contributed by atoms with Crippen LogP contribution in [0.2, 0.25) is 0 Å². The zero-order valence-electron chi connectivity index (χ0n) is 11.8. The van der Waals surface area contributed by atoms with Crippen molar-refractivity contribution in [2.24, 2.45) is 5.92 Å². The first kappa shape index (κ1) is 15.0. The monoisotopic (exact) mass is 292 g/mol. The number of nitrogens with zero attached hydrogens (tertiary/aromatic N) is 2. The highest BCUT2D eigenvalue weighted by molar-refractivity contribution is 6.00. The van der Waals surface area contributed by atoms with Crippen molar-refractivity contribution in [3.05, 3.63) is 39.4 Å². The molecule has 21 heavy (non-hydrogen) atoms. The van der Waals surface area contributed by atoms with E-state index in [9.17, 15) is 24.8 Å². The summed E-state index contributed by atoms with van der Waals surface area (Å²) in [6, 6.07) is 3.33. The molecule has 0 aromatic heterocycles. The van der Waals surface area contributed by atoms with Gasteiger partial charge in [0.05, 0.1) is 4.92 Å². The van der Waals surface area contributed by atoms with Gasteiger partial charge in [0.1, 0.15) is 11.6 Å². The third-order valence-electron chi connectivity index (χ3n) is 3.79. The molecule has 1 aromatic carbocycles. The van der Waals surface area contributed by atoms with Crippen molar-refractivity contribution in [2.75, 3.05) is 6.54 Å². The van der Waals surface area contributed by atoms with Gasteiger partial charge in [-0.25, -0.2) is 4.79 Å². The largest absolute Gasteiger partial charge is 0.480 e. The van der Waals surface area contributed by atoms with Gasteiger partial charge in [-0.05, 0) is 30.9 Å². The number of likely N-dealkylation sites (tertiary alicyclic amines) is 1. The summed E-state index contributed by atoms with van der Waals surface area (Å²) in [6.07, 6.45) is 0.572. The van der Waals surface area contributed by atoms with Gasteiger partial charge >= 0.3 is 5.97 Å². The van der Waals surface area contributed by atoms with E-state index in [1.54, 1.807) is 19.9 Å². The first-order valence-corrected chi connectivity index (χ1v) is 6.61. The van der Waals surface area contributed by atoms with Crippen molar-refractivity contribution in [1.82, 2.24) is 4.90 Å². The van der Waals surface area contributed by atoms with Crippen molar-refractivity contribution in [2.45, 2.75) is 26.3 Å². The van der Waals surface area contributed by atoms with Crippen molar-refractivity contribution in [3.8, 4) is 0 Å². The second-order valence-corrected chi connectivity index (χ2v) is 5.33. The predicted molar refractivity (Wildman–Crippen MR) is 74.1 cm³/mol. The number of benzene rings is 1. The van der Waals surface area contributed by atoms with Gasteiger partial charge in [0.25, 0.3) is 11.6 Å². The molecule has 112 valence electrons. The number of rotatable bonds is 3. The summed E-state index contributed by atoms with van der Waals surface area (Å²) >= 11 is 0. The summed E-state index contributed by atoms with van der Waals surface area (Å²) in [7, 11) is 0. The SMILES string of the molecule is Cc1ccc([N+](=O)[O-])c(C(=O)N2CCC(C)C2C(=O)O)c1. The van der Waals surface area contributed by atoms with Gasteiger partial charge in [0, 0.05) is 12.6 Å². The lowest BCUT2D eigenvalue weighted by molar-refractivity contribution is -0.385. The van der Waals surface area contributed by atoms with Crippen LogP contribution in [0.15, 0.2) is 18.2 Å². The van der Waals surface area contributed by atoms with Crippen LogP contribution >= 0.6 is 0 Å². The molecule has 2 atom stereocenters. The maximum Gasteiger partial charge on any atom is 0.326 e. The number of carboxylic acid groups (broad SMARTS) is 1. The van der Waals surface area contributed by atoms with E-state index in [0.29, 0.717) is 18.5 Å². The topological polar surface area (TPSA) is 101 Å². The van der Waals surface area contributed by atoms with Crippen molar-refractivity contribution < 1.29 is 19.6 Å². The van der Waals surface area contributed by atoms with Crippen LogP contribution in [0.5, 0.6) is 0 Å². The molecule has 1 N–H and O–H groups in total. The van der Waals surface area contributed by atoms with Crippen molar-refractivity contribution in [1.29, 1.82) is 0 Å². The number of aliphatic carboxylic acids is 1. The molecule has 1 saturated heterocycles. The van der Waals surface area contributed by atoms with E-state index < -0.39 is 22.8 Å². The Morgan fingerprint density at radius 2 is 2.10 bits per heavy atom. The lowest BCUT2D eigenvalue weighted by atomic mass is 10.0. The Morgan fingerprint density at radius 3 is 2.67 bits per heavy atom. The van der Waals surface area contributed by atoms with Crippen LogP contribution in [0.25, 0.3) is 0 Å². The second-order valence-electron chi connectivity index (χ2n) is 5.33. The molecular formula is C14H16N2O5. The number of carboxylic acids is 1. The maximum absolute atomic E-state index is 12.5. The molecule has 0 radical (unpaired) electrons. The van der Waals surface area contributed by atoms with Crippen LogP contribution in [-0.4, -0.2) is 39.4 Å². The minimum Gasteiger partial charge on any atom is -0.480 e. The third-order valence-corrected chi connectivity index (χ3v) is 3.79. The van der Waals surface area contributed by atoms with Gasteiger partial charge in [0.15, 0.2) is 0 Å². The van der Waals surface area contributed by atoms with E-state index in [1.807, 2.05) is 0 Å². The zero-order chi connectivity index (χ0) is 15.7. The van der Waals surface area contributed by atoms with Crippen molar-refractivity contribution >= 4 is 17.6 Å². The van der Waals surface area contributed by atoms with E-state index in [0.717, 1.165) is 0 Å². The standard InChI is InChI=1S/C14H16N2O5/c1-8-3-4-11(16(20)21)10(7-8)13(17)15-6-5-9(2)12(15)14(18)19/h3-4,7,9,12H,5-6H2,1-2H3,(H,18,19). The quantitative estimate of drug-likeness (QED) is 0.676. The number of nitro benzene ring substituents is 1. The Morgan fingerprint density at radius 1 is 1.43 bits per heavy atom. The van der Waals surface area contributed by atoms with E-state index in [1.165, 1.54) is 17.0 Å². The third kappa shape index (κ3) is 2.72. The van der Waals surface area contributed by atoms with Gasteiger partial charge in [-0.1, -0.05) is 13.0 Å². The molecule has 1 aliphatic heterocycles. The van der Waals surface area contributed by atoms with Gasteiger partial charge < -0.3 is 10.0 Å². The highest BCUT2D eigenvalue weighted by Gasteiger charge is 2.41. The van der Waals surface area contributed by atoms with E-state index in [4.69, 9.17) is 0 Å². The Hall–Kier alpha value is -2.44. The Labute approximate surface area is 121 Å². The summed E-state index contributed by atoms with van der Waals surface area (Å²) in [6.45, 7) is 3.78. The lowest BCUT2D eigenvalue weighted by Gasteiger charge is -2.23. The van der Waals surface area contributed by atoms with Crippen LogP contribution in [-0.2, 0) is 4.79 Å².